The number of allylic oxidation sites excluding steroid dienone is 12. The molecule has 6 nitrogen and oxygen atoms in total. The van der Waals surface area contributed by atoms with Crippen molar-refractivity contribution in [2.75, 3.05) is 13.2 Å². The smallest absolute Gasteiger partial charge is 0.306 e. The maximum atomic E-state index is 12.8. The van der Waals surface area contributed by atoms with Gasteiger partial charge in [0.2, 0.25) is 0 Å². The molecule has 0 fully saturated rings. The van der Waals surface area contributed by atoms with Crippen molar-refractivity contribution in [3.8, 4) is 0 Å². The molecule has 1 unspecified atom stereocenters. The van der Waals surface area contributed by atoms with Gasteiger partial charge in [0.25, 0.3) is 0 Å². The molecule has 1 atom stereocenters. The van der Waals surface area contributed by atoms with Crippen LogP contribution < -0.4 is 0 Å². The fraction of sp³-hybridized carbons (Fsp3) is 0.732. The van der Waals surface area contributed by atoms with Gasteiger partial charge < -0.3 is 14.2 Å². The van der Waals surface area contributed by atoms with Gasteiger partial charge in [0.15, 0.2) is 6.10 Å². The number of ether oxygens (including phenoxy) is 3. The molecule has 0 aliphatic heterocycles. The van der Waals surface area contributed by atoms with E-state index in [0.29, 0.717) is 12.8 Å². The minimum Gasteiger partial charge on any atom is -0.462 e. The summed E-state index contributed by atoms with van der Waals surface area (Å²) in [6.07, 6.45) is 63.2. The van der Waals surface area contributed by atoms with E-state index in [1.54, 1.807) is 0 Å². The highest BCUT2D eigenvalue weighted by Crippen LogP contribution is 2.13. The lowest BCUT2D eigenvalue weighted by atomic mass is 10.1. The molecule has 0 bridgehead atoms. The van der Waals surface area contributed by atoms with Crippen LogP contribution in [0.15, 0.2) is 72.9 Å². The standard InChI is InChI=1S/C56H96O6/c1-4-7-10-13-16-19-22-24-26-28-30-31-34-37-40-43-46-49-55(58)61-52-53(51-60-54(57)48-45-42-39-36-33-21-18-15-12-9-6-3)62-56(59)50-47-44-41-38-35-32-29-27-25-23-20-17-14-11-8-5-2/h15,18,24,26-27,29-32,35,37,40,53H,4-14,16-17,19-23,25,28,33-34,36,38-39,41-52H2,1-3H3/b18-15-,26-24-,29-27-,31-30-,35-32-,40-37-. The largest absolute Gasteiger partial charge is 0.462 e. The minimum atomic E-state index is -0.811. The van der Waals surface area contributed by atoms with Crippen molar-refractivity contribution in [2.45, 2.75) is 252 Å². The van der Waals surface area contributed by atoms with Gasteiger partial charge in [-0.05, 0) is 96.3 Å². The third-order valence-corrected chi connectivity index (χ3v) is 10.9. The van der Waals surface area contributed by atoms with Crippen molar-refractivity contribution >= 4 is 17.9 Å². The minimum absolute atomic E-state index is 0.106. The molecule has 0 spiro atoms. The second kappa shape index (κ2) is 50.5. The molecule has 0 aliphatic carbocycles. The van der Waals surface area contributed by atoms with Crippen molar-refractivity contribution in [1.82, 2.24) is 0 Å². The average molecular weight is 865 g/mol. The summed E-state index contributed by atoms with van der Waals surface area (Å²) in [4.78, 5) is 37.9. The predicted octanol–water partition coefficient (Wildman–Crippen LogP) is 17.0. The molecule has 6 heteroatoms. The van der Waals surface area contributed by atoms with Crippen LogP contribution >= 0.6 is 0 Å². The van der Waals surface area contributed by atoms with E-state index in [-0.39, 0.29) is 44.0 Å². The van der Waals surface area contributed by atoms with E-state index in [9.17, 15) is 14.4 Å². The van der Waals surface area contributed by atoms with Crippen molar-refractivity contribution in [3.63, 3.8) is 0 Å². The Morgan fingerprint density at radius 3 is 1.15 bits per heavy atom. The number of unbranched alkanes of at least 4 members (excludes halogenated alkanes) is 24. The first-order valence-corrected chi connectivity index (χ1v) is 26.0. The number of hydrogen-bond donors (Lipinski definition) is 0. The van der Waals surface area contributed by atoms with Crippen LogP contribution in [0.4, 0.5) is 0 Å². The highest BCUT2D eigenvalue weighted by atomic mass is 16.6. The van der Waals surface area contributed by atoms with Crippen LogP contribution in [0.3, 0.4) is 0 Å². The van der Waals surface area contributed by atoms with E-state index in [0.717, 1.165) is 83.5 Å². The van der Waals surface area contributed by atoms with Crippen molar-refractivity contribution in [3.05, 3.63) is 72.9 Å². The number of rotatable bonds is 46. The van der Waals surface area contributed by atoms with Gasteiger partial charge in [0, 0.05) is 19.3 Å². The molecule has 0 saturated carbocycles. The van der Waals surface area contributed by atoms with Crippen LogP contribution in [0, 0.1) is 0 Å². The normalized spacial score (nSPS) is 12.6. The Bertz CT molecular complexity index is 1180. The van der Waals surface area contributed by atoms with Crippen LogP contribution in [-0.4, -0.2) is 37.2 Å². The molecule has 0 saturated heterocycles. The number of carbonyl (C=O) groups excluding carboxylic acids is 3. The molecule has 0 radical (unpaired) electrons. The third-order valence-electron chi connectivity index (χ3n) is 10.9. The van der Waals surface area contributed by atoms with Crippen molar-refractivity contribution in [2.24, 2.45) is 0 Å². The highest BCUT2D eigenvalue weighted by molar-refractivity contribution is 5.71. The molecule has 0 aliphatic rings. The number of esters is 3. The van der Waals surface area contributed by atoms with Crippen LogP contribution in [0.5, 0.6) is 0 Å². The molecule has 0 heterocycles. The molecule has 0 amide bonds. The fourth-order valence-corrected chi connectivity index (χ4v) is 6.96. The fourth-order valence-electron chi connectivity index (χ4n) is 6.96. The Morgan fingerprint density at radius 1 is 0.339 bits per heavy atom. The van der Waals surface area contributed by atoms with E-state index in [4.69, 9.17) is 14.2 Å². The lowest BCUT2D eigenvalue weighted by molar-refractivity contribution is -0.167. The third kappa shape index (κ3) is 47.9. The second-order valence-electron chi connectivity index (χ2n) is 17.1. The molecular formula is C56H96O6. The predicted molar refractivity (Wildman–Crippen MR) is 265 cm³/mol. The molecule has 0 N–H and O–H groups in total. The van der Waals surface area contributed by atoms with E-state index < -0.39 is 6.10 Å². The van der Waals surface area contributed by atoms with Gasteiger partial charge in [-0.2, -0.15) is 0 Å². The van der Waals surface area contributed by atoms with Gasteiger partial charge in [-0.15, -0.1) is 0 Å². The quantitative estimate of drug-likeness (QED) is 0.0199. The Morgan fingerprint density at radius 2 is 0.661 bits per heavy atom. The first-order chi connectivity index (χ1) is 30.5. The summed E-state index contributed by atoms with van der Waals surface area (Å²) in [5, 5.41) is 0. The lowest BCUT2D eigenvalue weighted by Gasteiger charge is -2.18. The van der Waals surface area contributed by atoms with Crippen LogP contribution in [0.1, 0.15) is 245 Å². The zero-order valence-electron chi connectivity index (χ0n) is 40.6. The molecular weight excluding hydrogens is 769 g/mol. The Hall–Kier alpha value is -3.15. The lowest BCUT2D eigenvalue weighted by Crippen LogP contribution is -2.30. The van der Waals surface area contributed by atoms with Crippen LogP contribution in [0.2, 0.25) is 0 Å². The van der Waals surface area contributed by atoms with E-state index >= 15 is 0 Å². The Labute approximate surface area is 382 Å². The number of hydrogen-bond acceptors (Lipinski definition) is 6. The van der Waals surface area contributed by atoms with Gasteiger partial charge in [-0.1, -0.05) is 203 Å². The summed E-state index contributed by atoms with van der Waals surface area (Å²) in [5.41, 5.74) is 0. The van der Waals surface area contributed by atoms with E-state index in [1.807, 2.05) is 0 Å². The molecule has 0 aromatic carbocycles. The summed E-state index contributed by atoms with van der Waals surface area (Å²) < 4.78 is 16.7. The van der Waals surface area contributed by atoms with Crippen molar-refractivity contribution < 1.29 is 28.6 Å². The molecule has 0 aromatic rings. The summed E-state index contributed by atoms with van der Waals surface area (Å²) in [5.74, 6) is -0.997. The molecule has 0 rings (SSSR count). The Balaban J connectivity index is 4.50. The first kappa shape index (κ1) is 58.9. The zero-order chi connectivity index (χ0) is 45.1. The Kier molecular flexibility index (Phi) is 47.9. The summed E-state index contributed by atoms with van der Waals surface area (Å²) in [6.45, 7) is 6.51. The van der Waals surface area contributed by atoms with E-state index in [2.05, 4.69) is 93.7 Å². The number of carbonyl (C=O) groups is 3. The SMILES string of the molecule is CCCC/C=C\CCCCCCCC(=O)OCC(COC(=O)CCC/C=C\C/C=C\C/C=C\CCCCCCCC)OC(=O)CCCCC/C=C\C=C/CCCCCCCCC. The van der Waals surface area contributed by atoms with Gasteiger partial charge in [0.1, 0.15) is 13.2 Å². The summed E-state index contributed by atoms with van der Waals surface area (Å²) in [7, 11) is 0. The second-order valence-corrected chi connectivity index (χ2v) is 17.1. The summed E-state index contributed by atoms with van der Waals surface area (Å²) in [6, 6.07) is 0. The van der Waals surface area contributed by atoms with Crippen LogP contribution in [0.25, 0.3) is 0 Å². The van der Waals surface area contributed by atoms with Gasteiger partial charge in [-0.3, -0.25) is 14.4 Å². The molecule has 0 aromatic heterocycles. The summed E-state index contributed by atoms with van der Waals surface area (Å²) >= 11 is 0. The molecule has 356 valence electrons. The highest BCUT2D eigenvalue weighted by Gasteiger charge is 2.19. The zero-order valence-corrected chi connectivity index (χ0v) is 40.6. The molecule has 62 heavy (non-hydrogen) atoms. The maximum absolute atomic E-state index is 12.8. The van der Waals surface area contributed by atoms with Crippen LogP contribution in [-0.2, 0) is 28.6 Å². The monoisotopic (exact) mass is 865 g/mol. The van der Waals surface area contributed by atoms with E-state index in [1.165, 1.54) is 116 Å². The van der Waals surface area contributed by atoms with Gasteiger partial charge >= 0.3 is 17.9 Å². The van der Waals surface area contributed by atoms with Crippen molar-refractivity contribution in [1.29, 1.82) is 0 Å². The maximum Gasteiger partial charge on any atom is 0.306 e. The van der Waals surface area contributed by atoms with Gasteiger partial charge in [0.05, 0.1) is 0 Å². The first-order valence-electron chi connectivity index (χ1n) is 26.0. The topological polar surface area (TPSA) is 78.9 Å². The average Bonchev–Trinajstić information content (AvgIpc) is 3.27. The van der Waals surface area contributed by atoms with Gasteiger partial charge in [-0.25, -0.2) is 0 Å².